The monoisotopic (exact) mass is 489 g/mol. The van der Waals surface area contributed by atoms with Gasteiger partial charge >= 0.3 is 0 Å². The number of nitroso groups, excluding NO2 is 1. The summed E-state index contributed by atoms with van der Waals surface area (Å²) in [7, 11) is -3.17. The van der Waals surface area contributed by atoms with E-state index in [1.807, 2.05) is 37.3 Å². The highest BCUT2D eigenvalue weighted by molar-refractivity contribution is 7.88. The van der Waals surface area contributed by atoms with E-state index in [1.165, 1.54) is 21.7 Å². The second-order valence-electron chi connectivity index (χ2n) is 9.22. The Kier molecular flexibility index (Phi) is 7.57. The lowest BCUT2D eigenvalue weighted by Crippen LogP contribution is -2.33. The standard InChI is InChI=1S/C28H31N3O3S/c1-20-6-4-5-7-26(20)27(19-28(30-32)25-12-15-29-21(2)18-25)24-10-8-22(9-11-24)23-13-16-31(17-14-23)35(3,33)34/h4-13,15,18,27-28H,14,16-17,19H2,1-3H3. The van der Waals surface area contributed by atoms with Crippen molar-refractivity contribution in [2.45, 2.75) is 38.6 Å². The second-order valence-corrected chi connectivity index (χ2v) is 11.2. The van der Waals surface area contributed by atoms with E-state index in [-0.39, 0.29) is 5.92 Å². The van der Waals surface area contributed by atoms with Gasteiger partial charge in [0.15, 0.2) is 0 Å². The molecule has 0 saturated heterocycles. The highest BCUT2D eigenvalue weighted by Gasteiger charge is 2.24. The van der Waals surface area contributed by atoms with Crippen molar-refractivity contribution in [3.63, 3.8) is 0 Å². The predicted octanol–water partition coefficient (Wildman–Crippen LogP) is 5.78. The van der Waals surface area contributed by atoms with E-state index in [0.717, 1.165) is 28.0 Å². The summed E-state index contributed by atoms with van der Waals surface area (Å²) < 4.78 is 25.1. The fraction of sp³-hybridized carbons (Fsp3) is 0.321. The van der Waals surface area contributed by atoms with Gasteiger partial charge in [-0.15, -0.1) is 0 Å². The van der Waals surface area contributed by atoms with Crippen LogP contribution in [0.3, 0.4) is 0 Å². The predicted molar refractivity (Wildman–Crippen MR) is 141 cm³/mol. The summed E-state index contributed by atoms with van der Waals surface area (Å²) >= 11 is 0. The molecule has 4 rings (SSSR count). The van der Waals surface area contributed by atoms with Crippen LogP contribution in [0, 0.1) is 18.8 Å². The SMILES string of the molecule is Cc1cc(C(CC(c2ccc(C3=CCN(S(C)(=O)=O)CC3)cc2)c2ccccc2C)N=O)ccn1. The fourth-order valence-electron chi connectivity index (χ4n) is 4.80. The first-order chi connectivity index (χ1) is 16.8. The number of aryl methyl sites for hydroxylation is 2. The molecule has 7 heteroatoms. The zero-order chi connectivity index (χ0) is 25.0. The molecule has 2 unspecified atom stereocenters. The molecule has 0 bridgehead atoms. The molecular weight excluding hydrogens is 458 g/mol. The maximum Gasteiger partial charge on any atom is 0.211 e. The lowest BCUT2D eigenvalue weighted by atomic mass is 9.82. The number of sulfonamides is 1. The number of aromatic nitrogens is 1. The minimum Gasteiger partial charge on any atom is -0.262 e. The molecule has 0 radical (unpaired) electrons. The molecule has 0 amide bonds. The molecule has 0 fully saturated rings. The van der Waals surface area contributed by atoms with Crippen LogP contribution in [-0.2, 0) is 10.0 Å². The van der Waals surface area contributed by atoms with Crippen molar-refractivity contribution in [1.82, 2.24) is 9.29 Å². The van der Waals surface area contributed by atoms with Gasteiger partial charge in [-0.05, 0) is 72.2 Å². The van der Waals surface area contributed by atoms with Gasteiger partial charge in [0, 0.05) is 30.9 Å². The van der Waals surface area contributed by atoms with E-state index in [9.17, 15) is 13.3 Å². The molecular formula is C28H31N3O3S. The third-order valence-corrected chi connectivity index (χ3v) is 8.05. The molecule has 2 heterocycles. The van der Waals surface area contributed by atoms with E-state index in [0.29, 0.717) is 25.9 Å². The van der Waals surface area contributed by atoms with Crippen molar-refractivity contribution in [3.8, 4) is 0 Å². The van der Waals surface area contributed by atoms with Gasteiger partial charge in [-0.1, -0.05) is 59.8 Å². The molecule has 1 aliphatic heterocycles. The third-order valence-electron chi connectivity index (χ3n) is 6.78. The first-order valence-corrected chi connectivity index (χ1v) is 13.7. The van der Waals surface area contributed by atoms with Gasteiger partial charge in [-0.3, -0.25) is 4.98 Å². The molecule has 0 saturated carbocycles. The van der Waals surface area contributed by atoms with Crippen molar-refractivity contribution in [2.75, 3.05) is 19.3 Å². The fourth-order valence-corrected chi connectivity index (χ4v) is 5.57. The van der Waals surface area contributed by atoms with Crippen LogP contribution in [0.25, 0.3) is 5.57 Å². The zero-order valence-corrected chi connectivity index (χ0v) is 21.2. The summed E-state index contributed by atoms with van der Waals surface area (Å²) in [4.78, 5) is 16.2. The Morgan fingerprint density at radius 1 is 1.03 bits per heavy atom. The number of rotatable bonds is 8. The van der Waals surface area contributed by atoms with Gasteiger partial charge < -0.3 is 0 Å². The lowest BCUT2D eigenvalue weighted by molar-refractivity contribution is 0.446. The maximum atomic E-state index is 11.9. The smallest absolute Gasteiger partial charge is 0.211 e. The second kappa shape index (κ2) is 10.6. The van der Waals surface area contributed by atoms with Gasteiger partial charge in [-0.2, -0.15) is 9.21 Å². The van der Waals surface area contributed by atoms with Gasteiger partial charge in [0.05, 0.1) is 6.26 Å². The summed E-state index contributed by atoms with van der Waals surface area (Å²) in [6.45, 7) is 4.91. The van der Waals surface area contributed by atoms with Crippen molar-refractivity contribution >= 4 is 15.6 Å². The van der Waals surface area contributed by atoms with Crippen LogP contribution in [0.5, 0.6) is 0 Å². The van der Waals surface area contributed by atoms with Gasteiger partial charge in [0.1, 0.15) is 6.04 Å². The van der Waals surface area contributed by atoms with Crippen LogP contribution in [0.15, 0.2) is 78.1 Å². The van der Waals surface area contributed by atoms with Crippen molar-refractivity contribution in [3.05, 3.63) is 111 Å². The Bertz CT molecular complexity index is 1330. The summed E-state index contributed by atoms with van der Waals surface area (Å²) in [5.74, 6) is 0.00230. The van der Waals surface area contributed by atoms with E-state index in [4.69, 9.17) is 0 Å². The van der Waals surface area contributed by atoms with Crippen LogP contribution in [0.4, 0.5) is 0 Å². The number of hydrogen-bond acceptors (Lipinski definition) is 5. The first kappa shape index (κ1) is 24.9. The van der Waals surface area contributed by atoms with E-state index >= 15 is 0 Å². The molecule has 0 aliphatic carbocycles. The summed E-state index contributed by atoms with van der Waals surface area (Å²) in [5.41, 5.74) is 7.47. The molecule has 1 aromatic heterocycles. The Morgan fingerprint density at radius 2 is 1.77 bits per heavy atom. The van der Waals surface area contributed by atoms with E-state index < -0.39 is 16.1 Å². The summed E-state index contributed by atoms with van der Waals surface area (Å²) in [5, 5.41) is 3.50. The summed E-state index contributed by atoms with van der Waals surface area (Å²) in [6.07, 6.45) is 6.22. The van der Waals surface area contributed by atoms with Crippen molar-refractivity contribution in [1.29, 1.82) is 0 Å². The maximum absolute atomic E-state index is 11.9. The average molecular weight is 490 g/mol. The molecule has 2 atom stereocenters. The molecule has 1 aliphatic rings. The third kappa shape index (κ3) is 5.92. The minimum atomic E-state index is -3.17. The van der Waals surface area contributed by atoms with Crippen molar-refractivity contribution in [2.24, 2.45) is 5.18 Å². The Hall–Kier alpha value is -3.16. The highest BCUT2D eigenvalue weighted by Crippen LogP contribution is 2.38. The van der Waals surface area contributed by atoms with E-state index in [2.05, 4.69) is 53.5 Å². The minimum absolute atomic E-state index is 0.00230. The van der Waals surface area contributed by atoms with Gasteiger partial charge in [0.2, 0.25) is 10.0 Å². The van der Waals surface area contributed by atoms with Gasteiger partial charge in [0.25, 0.3) is 0 Å². The summed E-state index contributed by atoms with van der Waals surface area (Å²) in [6, 6.07) is 20.0. The zero-order valence-electron chi connectivity index (χ0n) is 20.4. The number of pyridine rings is 1. The number of nitrogens with zero attached hydrogens (tertiary/aromatic N) is 3. The van der Waals surface area contributed by atoms with Crippen LogP contribution >= 0.6 is 0 Å². The Labute approximate surface area is 207 Å². The molecule has 2 aromatic carbocycles. The molecule has 35 heavy (non-hydrogen) atoms. The van der Waals surface area contributed by atoms with Crippen LogP contribution in [-0.4, -0.2) is 37.1 Å². The molecule has 182 valence electrons. The topological polar surface area (TPSA) is 79.7 Å². The largest absolute Gasteiger partial charge is 0.262 e. The first-order valence-electron chi connectivity index (χ1n) is 11.8. The Balaban J connectivity index is 1.64. The van der Waals surface area contributed by atoms with E-state index in [1.54, 1.807) is 6.20 Å². The van der Waals surface area contributed by atoms with Crippen molar-refractivity contribution < 1.29 is 8.42 Å². The lowest BCUT2D eigenvalue weighted by Gasteiger charge is -2.25. The average Bonchev–Trinajstić information content (AvgIpc) is 2.85. The molecule has 6 nitrogen and oxygen atoms in total. The van der Waals surface area contributed by atoms with Crippen LogP contribution < -0.4 is 0 Å². The number of hydrogen-bond donors (Lipinski definition) is 0. The normalized spacial score (nSPS) is 16.4. The number of benzene rings is 2. The van der Waals surface area contributed by atoms with Crippen LogP contribution in [0.1, 0.15) is 58.3 Å². The van der Waals surface area contributed by atoms with Crippen LogP contribution in [0.2, 0.25) is 0 Å². The molecule has 0 N–H and O–H groups in total. The van der Waals surface area contributed by atoms with Gasteiger partial charge in [-0.25, -0.2) is 8.42 Å². The Morgan fingerprint density at radius 3 is 2.37 bits per heavy atom. The highest BCUT2D eigenvalue weighted by atomic mass is 32.2. The molecule has 3 aromatic rings. The quantitative estimate of drug-likeness (QED) is 0.376. The molecule has 0 spiro atoms.